The van der Waals surface area contributed by atoms with E-state index in [0.717, 1.165) is 31.6 Å². The molecule has 0 aliphatic rings. The third-order valence-electron chi connectivity index (χ3n) is 2.94. The Kier molecular flexibility index (Phi) is 8.30. The Balaban J connectivity index is 2.53. The van der Waals surface area contributed by atoms with Crippen LogP contribution in [-0.4, -0.2) is 42.0 Å². The van der Waals surface area contributed by atoms with Gasteiger partial charge in [0.1, 0.15) is 0 Å². The Hall–Kier alpha value is -0.415. The summed E-state index contributed by atoms with van der Waals surface area (Å²) in [6.07, 6.45) is 2.03. The maximum absolute atomic E-state index is 8.79. The molecule has 1 rings (SSSR count). The van der Waals surface area contributed by atoms with Gasteiger partial charge < -0.3 is 14.9 Å². The van der Waals surface area contributed by atoms with E-state index in [4.69, 9.17) is 33.2 Å². The van der Waals surface area contributed by atoms with Crippen LogP contribution < -0.4 is 4.90 Å². The lowest BCUT2D eigenvalue weighted by molar-refractivity contribution is 0.403. The molecule has 2 N–H and O–H groups in total. The number of nitrogens with zero attached hydrogens (tertiary/aromatic N) is 1. The number of halogens is 2. The van der Waals surface area contributed by atoms with Crippen LogP contribution in [0.4, 0.5) is 5.69 Å². The molecule has 6 heteroatoms. The lowest BCUT2D eigenvalue weighted by atomic mass is 9.83. The quantitative estimate of drug-likeness (QED) is 0.544. The van der Waals surface area contributed by atoms with Crippen LogP contribution in [0.2, 0.25) is 6.32 Å². The largest absolute Gasteiger partial charge is 0.451 e. The number of hydrogen-bond donors (Lipinski definition) is 2. The first-order chi connectivity index (χ1) is 9.17. The zero-order valence-corrected chi connectivity index (χ0v) is 12.4. The molecule has 0 aromatic heterocycles. The highest BCUT2D eigenvalue weighted by atomic mass is 35.5. The van der Waals surface area contributed by atoms with E-state index in [9.17, 15) is 0 Å². The van der Waals surface area contributed by atoms with E-state index < -0.39 is 7.12 Å². The van der Waals surface area contributed by atoms with Crippen LogP contribution in [-0.2, 0) is 6.42 Å². The van der Waals surface area contributed by atoms with Crippen LogP contribution >= 0.6 is 23.2 Å². The van der Waals surface area contributed by atoms with Crippen molar-refractivity contribution < 1.29 is 10.0 Å². The number of rotatable bonds is 9. The lowest BCUT2D eigenvalue weighted by Gasteiger charge is -2.23. The van der Waals surface area contributed by atoms with Gasteiger partial charge in [0, 0.05) is 30.5 Å². The Labute approximate surface area is 125 Å². The lowest BCUT2D eigenvalue weighted by Crippen LogP contribution is -2.27. The smallest absolute Gasteiger partial charge is 0.427 e. The van der Waals surface area contributed by atoms with Crippen molar-refractivity contribution in [2.75, 3.05) is 29.7 Å². The van der Waals surface area contributed by atoms with Crippen LogP contribution in [0.25, 0.3) is 0 Å². The van der Waals surface area contributed by atoms with Gasteiger partial charge in [-0.25, -0.2) is 0 Å². The summed E-state index contributed by atoms with van der Waals surface area (Å²) < 4.78 is 0. The molecule has 0 saturated heterocycles. The van der Waals surface area contributed by atoms with Gasteiger partial charge in [0.05, 0.1) is 0 Å². The second kappa shape index (κ2) is 9.48. The summed E-state index contributed by atoms with van der Waals surface area (Å²) in [7, 11) is -1.21. The van der Waals surface area contributed by atoms with E-state index >= 15 is 0 Å². The molecule has 0 radical (unpaired) electrons. The minimum atomic E-state index is -1.21. The van der Waals surface area contributed by atoms with Gasteiger partial charge >= 0.3 is 7.12 Å². The van der Waals surface area contributed by atoms with Crippen molar-refractivity contribution in [3.8, 4) is 0 Å². The first-order valence-corrected chi connectivity index (χ1v) is 7.56. The minimum absolute atomic E-state index is 0.409. The highest BCUT2D eigenvalue weighted by Crippen LogP contribution is 2.17. The molecule has 0 saturated carbocycles. The van der Waals surface area contributed by atoms with Gasteiger partial charge in [-0.2, -0.15) is 0 Å². The van der Waals surface area contributed by atoms with Crippen molar-refractivity contribution in [1.82, 2.24) is 0 Å². The first-order valence-electron chi connectivity index (χ1n) is 6.49. The molecule has 3 nitrogen and oxygen atoms in total. The summed E-state index contributed by atoms with van der Waals surface area (Å²) in [5, 5.41) is 17.6. The van der Waals surface area contributed by atoms with Gasteiger partial charge in [0.15, 0.2) is 0 Å². The fourth-order valence-corrected chi connectivity index (χ4v) is 2.34. The second-order valence-corrected chi connectivity index (χ2v) is 5.16. The molecule has 19 heavy (non-hydrogen) atoms. The number of aryl methyl sites for hydroxylation is 1. The van der Waals surface area contributed by atoms with Crippen LogP contribution in [0.1, 0.15) is 12.0 Å². The summed E-state index contributed by atoms with van der Waals surface area (Å²) >= 11 is 11.6. The molecule has 0 unspecified atom stereocenters. The van der Waals surface area contributed by atoms with E-state index in [1.807, 2.05) is 0 Å². The Morgan fingerprint density at radius 2 is 1.58 bits per heavy atom. The maximum Gasteiger partial charge on any atom is 0.451 e. The summed E-state index contributed by atoms with van der Waals surface area (Å²) in [6.45, 7) is 1.56. The van der Waals surface area contributed by atoms with E-state index in [-0.39, 0.29) is 0 Å². The number of alkyl halides is 2. The van der Waals surface area contributed by atoms with Crippen molar-refractivity contribution in [3.63, 3.8) is 0 Å². The van der Waals surface area contributed by atoms with Gasteiger partial charge in [-0.3, -0.25) is 0 Å². The van der Waals surface area contributed by atoms with Crippen molar-refractivity contribution in [2.24, 2.45) is 0 Å². The highest BCUT2D eigenvalue weighted by Gasteiger charge is 2.07. The molecular formula is C13H20BCl2NO2. The average Bonchev–Trinajstić information content (AvgIpc) is 2.39. The summed E-state index contributed by atoms with van der Waals surface area (Å²) in [4.78, 5) is 2.15. The van der Waals surface area contributed by atoms with E-state index in [2.05, 4.69) is 29.2 Å². The second-order valence-electron chi connectivity index (χ2n) is 4.40. The summed E-state index contributed by atoms with van der Waals surface area (Å²) in [5.74, 6) is 1.15. The molecule has 0 aliphatic heterocycles. The van der Waals surface area contributed by atoms with Gasteiger partial charge in [0.25, 0.3) is 0 Å². The zero-order valence-electron chi connectivity index (χ0n) is 10.9. The average molecular weight is 304 g/mol. The number of hydrogen-bond acceptors (Lipinski definition) is 3. The fourth-order valence-electron chi connectivity index (χ4n) is 1.94. The number of anilines is 1. The molecular weight excluding hydrogens is 284 g/mol. The first kappa shape index (κ1) is 16.6. The van der Waals surface area contributed by atoms with Crippen molar-refractivity contribution in [3.05, 3.63) is 29.8 Å². The SMILES string of the molecule is OB(O)CCCc1ccc(N(CCCl)CCCl)cc1. The standard InChI is InChI=1S/C13H20BCl2NO2/c15-8-10-17(11-9-16)13-5-3-12(4-6-13)2-1-7-14(18)19/h3-6,18-19H,1-2,7-11H2. The van der Waals surface area contributed by atoms with Crippen LogP contribution in [0.15, 0.2) is 24.3 Å². The van der Waals surface area contributed by atoms with Crippen LogP contribution in [0.3, 0.4) is 0 Å². The monoisotopic (exact) mass is 303 g/mol. The molecule has 0 spiro atoms. The normalized spacial score (nSPS) is 10.5. The van der Waals surface area contributed by atoms with E-state index in [1.165, 1.54) is 5.56 Å². The molecule has 0 aliphatic carbocycles. The minimum Gasteiger partial charge on any atom is -0.427 e. The Morgan fingerprint density at radius 3 is 2.05 bits per heavy atom. The fraction of sp³-hybridized carbons (Fsp3) is 0.538. The van der Waals surface area contributed by atoms with Crippen LogP contribution in [0, 0.1) is 0 Å². The van der Waals surface area contributed by atoms with Crippen molar-refractivity contribution in [2.45, 2.75) is 19.2 Å². The zero-order chi connectivity index (χ0) is 14.1. The highest BCUT2D eigenvalue weighted by molar-refractivity contribution is 6.40. The maximum atomic E-state index is 8.79. The number of benzene rings is 1. The topological polar surface area (TPSA) is 43.7 Å². The van der Waals surface area contributed by atoms with E-state index in [1.54, 1.807) is 0 Å². The van der Waals surface area contributed by atoms with Crippen LogP contribution in [0.5, 0.6) is 0 Å². The van der Waals surface area contributed by atoms with E-state index in [0.29, 0.717) is 18.1 Å². The predicted octanol–water partition coefficient (Wildman–Crippen LogP) is 2.38. The summed E-state index contributed by atoms with van der Waals surface area (Å²) in [5.41, 5.74) is 2.31. The Bertz CT molecular complexity index is 343. The molecule has 0 fully saturated rings. The van der Waals surface area contributed by atoms with Gasteiger partial charge in [-0.05, 0) is 30.4 Å². The molecule has 0 atom stereocenters. The van der Waals surface area contributed by atoms with Gasteiger partial charge in [-0.1, -0.05) is 18.6 Å². The Morgan fingerprint density at radius 1 is 1.00 bits per heavy atom. The molecule has 0 bridgehead atoms. The van der Waals surface area contributed by atoms with Gasteiger partial charge in [0.2, 0.25) is 0 Å². The third-order valence-corrected chi connectivity index (χ3v) is 3.28. The molecule has 1 aromatic carbocycles. The molecule has 1 aromatic rings. The summed E-state index contributed by atoms with van der Waals surface area (Å²) in [6, 6.07) is 8.25. The van der Waals surface area contributed by atoms with Crippen molar-refractivity contribution >= 4 is 36.0 Å². The molecule has 0 heterocycles. The molecule has 106 valence electrons. The van der Waals surface area contributed by atoms with Gasteiger partial charge in [-0.15, -0.1) is 23.2 Å². The predicted molar refractivity (Wildman–Crippen MR) is 83.4 cm³/mol. The third kappa shape index (κ3) is 6.53. The van der Waals surface area contributed by atoms with Crippen molar-refractivity contribution in [1.29, 1.82) is 0 Å². The molecule has 0 amide bonds.